The molecule has 8 heterocycles. The van der Waals surface area contributed by atoms with E-state index in [1.165, 1.54) is 65.2 Å². The Bertz CT molecular complexity index is 6680. The molecule has 0 amide bonds. The zero-order valence-corrected chi connectivity index (χ0v) is 60.6. The van der Waals surface area contributed by atoms with Gasteiger partial charge in [-0.15, -0.1) is 0 Å². The minimum Gasteiger partial charge on any atom is -0.309 e. The lowest BCUT2D eigenvalue weighted by atomic mass is 10.0. The molecule has 22 rings (SSSR count). The Kier molecular flexibility index (Phi) is 16.0. The summed E-state index contributed by atoms with van der Waals surface area (Å²) in [4.78, 5) is 29.9. The normalized spacial score (nSPS) is 11.6. The van der Waals surface area contributed by atoms with Crippen molar-refractivity contribution in [3.63, 3.8) is 0 Å². The fraction of sp³-hybridized carbons (Fsp3) is 0. The Balaban J connectivity index is 0.000000141. The summed E-state index contributed by atoms with van der Waals surface area (Å²) in [5.74, 6) is 1.24. The van der Waals surface area contributed by atoms with Crippen LogP contribution in [0.3, 0.4) is 0 Å². The van der Waals surface area contributed by atoms with Gasteiger partial charge in [0, 0.05) is 117 Å². The highest BCUT2D eigenvalue weighted by molar-refractivity contribution is 6.13. The third kappa shape index (κ3) is 11.5. The van der Waals surface area contributed by atoms with Gasteiger partial charge in [0.05, 0.1) is 72.6 Å². The van der Waals surface area contributed by atoms with Gasteiger partial charge in [-0.2, -0.15) is 0 Å². The van der Waals surface area contributed by atoms with Crippen LogP contribution in [0.4, 0.5) is 0 Å². The van der Waals surface area contributed by atoms with Gasteiger partial charge >= 0.3 is 0 Å². The van der Waals surface area contributed by atoms with E-state index in [2.05, 4.69) is 328 Å². The largest absolute Gasteiger partial charge is 0.309 e. The molecular weight excluding hydrogens is 1370 g/mol. The van der Waals surface area contributed by atoms with E-state index in [0.29, 0.717) is 11.6 Å². The lowest BCUT2D eigenvalue weighted by Crippen LogP contribution is -1.98. The summed E-state index contributed by atoms with van der Waals surface area (Å²) in [5, 5.41) is 9.79. The topological polar surface area (TPSA) is 97.1 Å². The average Bonchev–Trinajstić information content (AvgIpc) is 1.59. The third-order valence-electron chi connectivity index (χ3n) is 21.6. The summed E-state index contributed by atoms with van der Waals surface area (Å²) >= 11 is 0. The molecule has 0 saturated carbocycles. The van der Waals surface area contributed by atoms with Gasteiger partial charge in [-0.05, 0) is 133 Å². The first kappa shape index (κ1) is 65.1. The molecular formula is C102H66N10. The first-order chi connectivity index (χ1) is 55.5. The Morgan fingerprint density at radius 1 is 0.152 bits per heavy atom. The number of hydrogen-bond donors (Lipinski definition) is 0. The van der Waals surface area contributed by atoms with E-state index < -0.39 is 0 Å². The summed E-state index contributed by atoms with van der Waals surface area (Å²) in [6.07, 6.45) is 3.83. The van der Waals surface area contributed by atoms with Gasteiger partial charge in [0.15, 0.2) is 11.6 Å². The van der Waals surface area contributed by atoms with Crippen LogP contribution in [0.1, 0.15) is 0 Å². The van der Waals surface area contributed by atoms with Crippen molar-refractivity contribution in [3.05, 3.63) is 401 Å². The number of pyridine rings is 2. The molecule has 8 aromatic heterocycles. The molecule has 14 aromatic carbocycles. The monoisotopic (exact) mass is 1430 g/mol. The van der Waals surface area contributed by atoms with E-state index >= 15 is 0 Å². The van der Waals surface area contributed by atoms with Gasteiger partial charge in [-0.1, -0.05) is 261 Å². The van der Waals surface area contributed by atoms with E-state index in [0.717, 1.165) is 123 Å². The van der Waals surface area contributed by atoms with Crippen molar-refractivity contribution in [2.45, 2.75) is 0 Å². The smallest absolute Gasteiger partial charge is 0.179 e. The van der Waals surface area contributed by atoms with Crippen molar-refractivity contribution >= 4 is 87.2 Å². The maximum Gasteiger partial charge on any atom is 0.179 e. The first-order valence-electron chi connectivity index (χ1n) is 37.7. The molecule has 0 saturated heterocycles. The molecule has 0 unspecified atom stereocenters. The van der Waals surface area contributed by atoms with Gasteiger partial charge in [-0.3, -0.25) is 9.97 Å². The van der Waals surface area contributed by atoms with Crippen LogP contribution < -0.4 is 0 Å². The molecule has 10 heteroatoms. The minimum atomic E-state index is 0.596. The van der Waals surface area contributed by atoms with Gasteiger partial charge in [0.25, 0.3) is 0 Å². The number of rotatable bonds is 12. The predicted molar refractivity (Wildman–Crippen MR) is 460 cm³/mol. The lowest BCUT2D eigenvalue weighted by molar-refractivity contribution is 1.13. The minimum absolute atomic E-state index is 0.596. The Morgan fingerprint density at radius 3 is 0.777 bits per heavy atom. The third-order valence-corrected chi connectivity index (χ3v) is 21.6. The highest BCUT2D eigenvalue weighted by atomic mass is 15.0. The highest BCUT2D eigenvalue weighted by Crippen LogP contribution is 2.41. The number of hydrogen-bond acceptors (Lipinski definition) is 6. The second-order valence-electron chi connectivity index (χ2n) is 28.2. The second-order valence-corrected chi connectivity index (χ2v) is 28.2. The summed E-state index contributed by atoms with van der Waals surface area (Å²) in [6.45, 7) is 0. The van der Waals surface area contributed by atoms with Crippen LogP contribution in [0.25, 0.3) is 200 Å². The maximum atomic E-state index is 5.01. The van der Waals surface area contributed by atoms with E-state index in [-0.39, 0.29) is 0 Å². The van der Waals surface area contributed by atoms with E-state index in [1.54, 1.807) is 0 Å². The molecule has 0 bridgehead atoms. The molecule has 0 aliphatic heterocycles. The zero-order chi connectivity index (χ0) is 74.0. The number of nitrogens with zero attached hydrogens (tertiary/aromatic N) is 10. The van der Waals surface area contributed by atoms with Gasteiger partial charge in [-0.25, -0.2) is 19.9 Å². The van der Waals surface area contributed by atoms with Crippen molar-refractivity contribution < 1.29 is 0 Å². The quantitative estimate of drug-likeness (QED) is 0.121. The molecule has 0 aliphatic carbocycles. The van der Waals surface area contributed by atoms with Crippen LogP contribution >= 0.6 is 0 Å². The summed E-state index contributed by atoms with van der Waals surface area (Å²) < 4.78 is 9.52. The van der Waals surface area contributed by atoms with Gasteiger partial charge in [0.2, 0.25) is 0 Å². The summed E-state index contributed by atoms with van der Waals surface area (Å²) in [5.41, 5.74) is 27.2. The predicted octanol–water partition coefficient (Wildman–Crippen LogP) is 25.5. The Morgan fingerprint density at radius 2 is 0.429 bits per heavy atom. The SMILES string of the molecule is c1ccc(-c2cc(-c3ccccc3)nc(-c3ccc(-c4ccc5c(c4)c4ccccc4n5-c4cccc(-n5c6ccccc6c6ccccc65)c4)cn3)n2)cc1.c1ccc(-c2cc(-c3ccccc3)nc(-c3ccc(-c4ccc5c(c4)c4ccccc4n5-c4cccc(-n5c6ccccc6c6ccccc65)c4)nc3)n2)cc1. The van der Waals surface area contributed by atoms with Crippen molar-refractivity contribution in [1.29, 1.82) is 0 Å². The van der Waals surface area contributed by atoms with Gasteiger partial charge in [0.1, 0.15) is 5.69 Å². The first-order valence-corrected chi connectivity index (χ1v) is 37.7. The molecule has 0 spiro atoms. The summed E-state index contributed by atoms with van der Waals surface area (Å²) in [7, 11) is 0. The fourth-order valence-electron chi connectivity index (χ4n) is 16.3. The number of fused-ring (bicyclic) bond motifs is 12. The number of aromatic nitrogens is 10. The molecule has 0 radical (unpaired) electrons. The summed E-state index contributed by atoms with van der Waals surface area (Å²) in [6, 6.07) is 137. The van der Waals surface area contributed by atoms with E-state index in [4.69, 9.17) is 29.9 Å². The lowest BCUT2D eigenvalue weighted by Gasteiger charge is -2.13. The van der Waals surface area contributed by atoms with Crippen molar-refractivity contribution in [2.75, 3.05) is 0 Å². The Labute approximate surface area is 645 Å². The molecule has 0 atom stereocenters. The van der Waals surface area contributed by atoms with Crippen molar-refractivity contribution in [2.24, 2.45) is 0 Å². The maximum absolute atomic E-state index is 5.01. The van der Waals surface area contributed by atoms with Crippen LogP contribution in [0.15, 0.2) is 401 Å². The standard InChI is InChI=1S/2C51H33N5/c1-3-14-34(15-4-1)45-32-46(35-16-5-2-6-17-35)54-51(53-45)37-26-28-44(52-33-37)36-27-29-50-43(30-36)42-22-9-12-25-49(42)56(50)39-19-13-18-38(31-39)55-47-23-10-7-20-40(47)41-21-8-11-24-48(41)55;1-3-14-34(15-4-1)45-32-46(35-16-5-2-6-17-35)54-51(53-45)44-28-26-37(33-52-44)36-27-29-50-43(30-36)42-22-9-12-25-49(42)56(50)39-19-13-18-38(31-39)55-47-23-10-7-20-40(47)41-21-8-11-24-48(41)55/h2*1-33H. The van der Waals surface area contributed by atoms with E-state index in [1.807, 2.05) is 91.3 Å². The molecule has 22 aromatic rings. The molecule has 0 fully saturated rings. The molecule has 0 aliphatic rings. The van der Waals surface area contributed by atoms with Crippen LogP contribution in [-0.4, -0.2) is 48.2 Å². The second kappa shape index (κ2) is 27.5. The van der Waals surface area contributed by atoms with Crippen molar-refractivity contribution in [1.82, 2.24) is 48.2 Å². The molecule has 112 heavy (non-hydrogen) atoms. The fourth-order valence-corrected chi connectivity index (χ4v) is 16.3. The van der Waals surface area contributed by atoms with Crippen LogP contribution in [0, 0.1) is 0 Å². The average molecular weight is 1430 g/mol. The van der Waals surface area contributed by atoms with Crippen LogP contribution in [0.2, 0.25) is 0 Å². The van der Waals surface area contributed by atoms with Crippen LogP contribution in [-0.2, 0) is 0 Å². The Hall–Kier alpha value is -15.3. The number of para-hydroxylation sites is 6. The zero-order valence-electron chi connectivity index (χ0n) is 60.6. The number of benzene rings is 14. The molecule has 10 nitrogen and oxygen atoms in total. The van der Waals surface area contributed by atoms with E-state index in [9.17, 15) is 0 Å². The highest BCUT2D eigenvalue weighted by Gasteiger charge is 2.21. The van der Waals surface area contributed by atoms with Crippen molar-refractivity contribution in [3.8, 4) is 113 Å². The molecule has 524 valence electrons. The van der Waals surface area contributed by atoms with Crippen LogP contribution in [0.5, 0.6) is 0 Å². The molecule has 0 N–H and O–H groups in total. The van der Waals surface area contributed by atoms with Gasteiger partial charge < -0.3 is 18.3 Å².